The summed E-state index contributed by atoms with van der Waals surface area (Å²) >= 11 is 0. The van der Waals surface area contributed by atoms with E-state index in [0.29, 0.717) is 24.9 Å². The third-order valence-electron chi connectivity index (χ3n) is 16.3. The number of hydrogen-bond acceptors (Lipinski definition) is 12. The number of aliphatic hydroxyl groups is 4. The van der Waals surface area contributed by atoms with Crippen LogP contribution in [0.1, 0.15) is 119 Å². The molecule has 0 aromatic carbocycles. The lowest BCUT2D eigenvalue weighted by molar-refractivity contribution is -0.334. The highest BCUT2D eigenvalue weighted by atomic mass is 16.7. The maximum atomic E-state index is 12.6. The first-order chi connectivity index (χ1) is 25.6. The van der Waals surface area contributed by atoms with Gasteiger partial charge in [0.05, 0.1) is 48.3 Å². The van der Waals surface area contributed by atoms with E-state index in [4.69, 9.17) is 33.2 Å². The Bertz CT molecular complexity index is 1370. The Labute approximate surface area is 320 Å². The van der Waals surface area contributed by atoms with Crippen molar-refractivity contribution in [3.8, 4) is 0 Å². The summed E-state index contributed by atoms with van der Waals surface area (Å²) in [7, 11) is 0. The molecule has 0 spiro atoms. The number of carbonyl (C=O) groups is 1. The Balaban J connectivity index is 0.826. The van der Waals surface area contributed by atoms with Gasteiger partial charge in [0, 0.05) is 36.7 Å². The van der Waals surface area contributed by atoms with Crippen molar-refractivity contribution < 1.29 is 58.4 Å². The van der Waals surface area contributed by atoms with Gasteiger partial charge in [0.15, 0.2) is 18.9 Å². The number of hydrogen-bond donors (Lipinski definition) is 4. The molecule has 4 saturated carbocycles. The van der Waals surface area contributed by atoms with E-state index in [2.05, 4.69) is 13.8 Å². The first kappa shape index (κ1) is 39.6. The van der Waals surface area contributed by atoms with Gasteiger partial charge in [0.2, 0.25) is 0 Å². The second-order valence-electron chi connectivity index (χ2n) is 19.1. The average Bonchev–Trinajstić information content (AvgIpc) is 3.66. The predicted molar refractivity (Wildman–Crippen MR) is 194 cm³/mol. The van der Waals surface area contributed by atoms with E-state index in [9.17, 15) is 25.2 Å². The van der Waals surface area contributed by atoms with Crippen LogP contribution < -0.4 is 0 Å². The molecule has 0 aromatic rings. The maximum absolute atomic E-state index is 12.6. The molecule has 4 heterocycles. The molecule has 7 fully saturated rings. The fourth-order valence-corrected chi connectivity index (χ4v) is 12.9. The third kappa shape index (κ3) is 6.83. The average molecular weight is 763 g/mol. The highest BCUT2D eigenvalue weighted by molar-refractivity contribution is 5.85. The summed E-state index contributed by atoms with van der Waals surface area (Å²) in [6.07, 6.45) is 4.71. The molecule has 4 aliphatic heterocycles. The van der Waals surface area contributed by atoms with E-state index in [-0.39, 0.29) is 59.6 Å². The number of aliphatic hydroxyl groups excluding tert-OH is 3. The van der Waals surface area contributed by atoms with Crippen molar-refractivity contribution >= 4 is 5.97 Å². The van der Waals surface area contributed by atoms with E-state index >= 15 is 0 Å². The van der Waals surface area contributed by atoms with Crippen molar-refractivity contribution in [3.05, 3.63) is 11.6 Å². The van der Waals surface area contributed by atoms with Crippen LogP contribution in [0.2, 0.25) is 0 Å². The number of rotatable bonds is 7. The Morgan fingerprint density at radius 2 is 1.30 bits per heavy atom. The molecule has 12 unspecified atom stereocenters. The number of cyclic esters (lactones) is 1. The van der Waals surface area contributed by atoms with E-state index in [1.807, 2.05) is 27.7 Å². The van der Waals surface area contributed by atoms with Crippen LogP contribution in [0.3, 0.4) is 0 Å². The Kier molecular flexibility index (Phi) is 10.9. The summed E-state index contributed by atoms with van der Waals surface area (Å²) in [6, 6.07) is 0. The summed E-state index contributed by atoms with van der Waals surface area (Å²) in [6.45, 7) is 12.7. The van der Waals surface area contributed by atoms with Crippen molar-refractivity contribution in [3.63, 3.8) is 0 Å². The Morgan fingerprint density at radius 1 is 0.685 bits per heavy atom. The summed E-state index contributed by atoms with van der Waals surface area (Å²) in [4.78, 5) is 11.9. The molecule has 0 radical (unpaired) electrons. The van der Waals surface area contributed by atoms with Crippen LogP contribution in [0.15, 0.2) is 11.6 Å². The molecule has 4 aliphatic carbocycles. The quantitative estimate of drug-likeness (QED) is 0.212. The molecule has 54 heavy (non-hydrogen) atoms. The Morgan fingerprint density at radius 3 is 1.89 bits per heavy atom. The minimum Gasteiger partial charge on any atom is -0.458 e. The first-order valence-corrected chi connectivity index (χ1v) is 21.2. The molecular weight excluding hydrogens is 696 g/mol. The lowest BCUT2D eigenvalue weighted by Crippen LogP contribution is -2.62. The lowest BCUT2D eigenvalue weighted by atomic mass is 9.43. The van der Waals surface area contributed by atoms with E-state index in [1.165, 1.54) is 0 Å². The smallest absolute Gasteiger partial charge is 0.331 e. The number of fused-ring (bicyclic) bond motifs is 5. The lowest BCUT2D eigenvalue weighted by Gasteiger charge is -2.64. The van der Waals surface area contributed by atoms with Gasteiger partial charge in [-0.1, -0.05) is 20.8 Å². The molecule has 20 atom stereocenters. The highest BCUT2D eigenvalue weighted by Gasteiger charge is 2.68. The first-order valence-electron chi connectivity index (χ1n) is 21.2. The number of esters is 1. The Hall–Kier alpha value is -1.19. The summed E-state index contributed by atoms with van der Waals surface area (Å²) in [5, 5.41) is 45.3. The van der Waals surface area contributed by atoms with Gasteiger partial charge in [-0.2, -0.15) is 0 Å². The van der Waals surface area contributed by atoms with Crippen LogP contribution in [-0.4, -0.2) is 112 Å². The minimum absolute atomic E-state index is 0.00431. The normalized spacial score (nSPS) is 55.0. The van der Waals surface area contributed by atoms with Gasteiger partial charge < -0.3 is 53.6 Å². The van der Waals surface area contributed by atoms with Crippen LogP contribution in [0.25, 0.3) is 0 Å². The molecular formula is C42H66O12. The van der Waals surface area contributed by atoms with Crippen molar-refractivity contribution in [1.82, 2.24) is 0 Å². The summed E-state index contributed by atoms with van der Waals surface area (Å²) in [5.41, 5.74) is 0.246. The summed E-state index contributed by atoms with van der Waals surface area (Å²) < 4.78 is 42.7. The summed E-state index contributed by atoms with van der Waals surface area (Å²) in [5.74, 6) is 1.18. The largest absolute Gasteiger partial charge is 0.458 e. The molecule has 8 rings (SSSR count). The second kappa shape index (κ2) is 14.9. The van der Waals surface area contributed by atoms with Crippen molar-refractivity contribution in [1.29, 1.82) is 0 Å². The van der Waals surface area contributed by atoms with Gasteiger partial charge >= 0.3 is 5.97 Å². The van der Waals surface area contributed by atoms with Gasteiger partial charge in [-0.15, -0.1) is 0 Å². The molecule has 12 nitrogen and oxygen atoms in total. The predicted octanol–water partition coefficient (Wildman–Crippen LogP) is 4.52. The highest BCUT2D eigenvalue weighted by Crippen LogP contribution is 2.70. The van der Waals surface area contributed by atoms with Gasteiger partial charge in [-0.25, -0.2) is 4.79 Å². The van der Waals surface area contributed by atoms with E-state index in [1.54, 1.807) is 6.08 Å². The van der Waals surface area contributed by atoms with Crippen molar-refractivity contribution in [2.45, 2.75) is 198 Å². The topological polar surface area (TPSA) is 163 Å². The molecule has 8 aliphatic rings. The van der Waals surface area contributed by atoms with Crippen LogP contribution >= 0.6 is 0 Å². The fraction of sp³-hybridized carbons (Fsp3) is 0.929. The van der Waals surface area contributed by atoms with Gasteiger partial charge in [-0.05, 0) is 113 Å². The van der Waals surface area contributed by atoms with Crippen LogP contribution in [-0.2, 0) is 38.0 Å². The van der Waals surface area contributed by atoms with Gasteiger partial charge in [0.1, 0.15) is 18.8 Å². The van der Waals surface area contributed by atoms with Crippen LogP contribution in [0.4, 0.5) is 0 Å². The van der Waals surface area contributed by atoms with Crippen molar-refractivity contribution in [2.24, 2.45) is 40.4 Å². The molecule has 3 saturated heterocycles. The zero-order chi connectivity index (χ0) is 38.3. The fourth-order valence-electron chi connectivity index (χ4n) is 12.9. The number of ether oxygens (including phenoxy) is 7. The van der Waals surface area contributed by atoms with Gasteiger partial charge in [0.25, 0.3) is 0 Å². The molecule has 4 N–H and O–H groups in total. The monoisotopic (exact) mass is 762 g/mol. The molecule has 0 amide bonds. The second-order valence-corrected chi connectivity index (χ2v) is 19.1. The minimum atomic E-state index is -0.873. The molecule has 0 bridgehead atoms. The number of carbonyl (C=O) groups excluding carboxylic acids is 1. The van der Waals surface area contributed by atoms with E-state index < -0.39 is 67.2 Å². The van der Waals surface area contributed by atoms with Crippen molar-refractivity contribution in [2.75, 3.05) is 6.61 Å². The van der Waals surface area contributed by atoms with Crippen LogP contribution in [0.5, 0.6) is 0 Å². The third-order valence-corrected chi connectivity index (χ3v) is 16.3. The standard InChI is InChI=1S/C42H66O12/c1-21-22(2)49-36(17-31(21)43)53-39-24(4)51-37(19-33(39)45)54-38-23(3)50-35(18-32(38)44)52-27-9-12-40(5)26(16-27)7-8-30-29(40)10-13-41(6)28(11-14-42(30,41)47)25-15-34(46)48-20-25/h15,21-24,26-33,35-39,43-45,47H,7-14,16-20H2,1-6H3/t21?,22?,23?,24?,26-,27+,28-,29+,30-,31?,32?,33?,35?,36?,37?,38?,39?,40+,41-,42+/m1/s1. The van der Waals surface area contributed by atoms with Gasteiger partial charge in [-0.3, -0.25) is 0 Å². The molecule has 0 aromatic heterocycles. The SMILES string of the molecule is CC1OC(OC2C(O)CC(OC3C(O)CC(O[C@H]4CC[C@@]5(C)[C@H](CC[C@@H]6[C@@H]5CC[C@]5(C)[C@@H](C7=CC(=O)OC7)CC[C@]65O)C4)OC3C)OC2C)CC(O)C1C. The molecule has 12 heteroatoms. The zero-order valence-electron chi connectivity index (χ0n) is 33.1. The zero-order valence-corrected chi connectivity index (χ0v) is 33.1. The van der Waals surface area contributed by atoms with Crippen LogP contribution in [0, 0.1) is 40.4 Å². The maximum Gasteiger partial charge on any atom is 0.331 e. The molecule has 306 valence electrons. The van der Waals surface area contributed by atoms with E-state index in [0.717, 1.165) is 63.4 Å².